The van der Waals surface area contributed by atoms with Gasteiger partial charge in [-0.25, -0.2) is 4.39 Å². The second-order valence-electron chi connectivity index (χ2n) is 7.41. The lowest BCUT2D eigenvalue weighted by atomic mass is 10.0. The van der Waals surface area contributed by atoms with E-state index in [0.717, 1.165) is 65.6 Å². The Balaban J connectivity index is 0.00000261. The Morgan fingerprint density at radius 2 is 1.93 bits per heavy atom. The molecule has 0 saturated carbocycles. The molecule has 5 heteroatoms. The molecule has 3 rings (SSSR count). The number of rotatable bonds is 6. The van der Waals surface area contributed by atoms with Crippen LogP contribution in [0, 0.1) is 11.7 Å². The van der Waals surface area contributed by atoms with Crippen LogP contribution in [-0.4, -0.2) is 13.1 Å². The van der Waals surface area contributed by atoms with Crippen LogP contribution in [0.25, 0.3) is 0 Å². The summed E-state index contributed by atoms with van der Waals surface area (Å²) in [5.41, 5.74) is 4.59. The smallest absolute Gasteiger partial charge is 0.126 e. The van der Waals surface area contributed by atoms with E-state index in [1.165, 1.54) is 11.1 Å². The number of hydrogen-bond acceptors (Lipinski definition) is 2. The maximum absolute atomic E-state index is 14.4. The van der Waals surface area contributed by atoms with Crippen molar-refractivity contribution in [3.05, 3.63) is 63.4 Å². The zero-order valence-corrected chi connectivity index (χ0v) is 18.4. The van der Waals surface area contributed by atoms with Crippen molar-refractivity contribution in [2.45, 2.75) is 50.2 Å². The van der Waals surface area contributed by atoms with Crippen molar-refractivity contribution < 1.29 is 4.39 Å². The first kappa shape index (κ1) is 22.5. The van der Waals surface area contributed by atoms with Crippen LogP contribution in [0.4, 0.5) is 4.39 Å². The molecule has 27 heavy (non-hydrogen) atoms. The van der Waals surface area contributed by atoms with Gasteiger partial charge in [-0.3, -0.25) is 0 Å². The molecule has 148 valence electrons. The summed E-state index contributed by atoms with van der Waals surface area (Å²) in [4.78, 5) is 1.16. The highest BCUT2D eigenvalue weighted by Gasteiger charge is 2.15. The first-order valence-electron chi connectivity index (χ1n) is 9.45. The lowest BCUT2D eigenvalue weighted by Gasteiger charge is -2.14. The summed E-state index contributed by atoms with van der Waals surface area (Å²) in [5, 5.41) is 4.26. The highest BCUT2D eigenvalue weighted by atomic mass is 35.5. The quantitative estimate of drug-likeness (QED) is 0.529. The van der Waals surface area contributed by atoms with Gasteiger partial charge >= 0.3 is 0 Å². The molecule has 0 atom stereocenters. The Bertz CT molecular complexity index is 764. The number of benzene rings is 2. The van der Waals surface area contributed by atoms with Crippen LogP contribution in [0.15, 0.2) is 35.2 Å². The standard InChI is InChI=1S/C22H27ClFNS.ClH/c1-15(2)3-5-18-6-4-16(13-21(18)24)14-26-22-19-10-12-25-11-9-17(19)7-8-20(22)23;/h4,6-8,13,15,25H,3,5,9-12,14H2,1-2H3;1H. The van der Waals surface area contributed by atoms with Gasteiger partial charge in [-0.15, -0.1) is 24.2 Å². The lowest BCUT2D eigenvalue weighted by Crippen LogP contribution is -2.16. The zero-order chi connectivity index (χ0) is 18.5. The molecular formula is C22H28Cl2FNS. The van der Waals surface area contributed by atoms with Gasteiger partial charge in [0.1, 0.15) is 5.82 Å². The second-order valence-corrected chi connectivity index (χ2v) is 8.80. The van der Waals surface area contributed by atoms with Crippen molar-refractivity contribution in [3.63, 3.8) is 0 Å². The monoisotopic (exact) mass is 427 g/mol. The molecule has 2 aromatic carbocycles. The van der Waals surface area contributed by atoms with Gasteiger partial charge in [0.25, 0.3) is 0 Å². The minimum Gasteiger partial charge on any atom is -0.316 e. The van der Waals surface area contributed by atoms with Crippen LogP contribution in [-0.2, 0) is 25.0 Å². The average molecular weight is 428 g/mol. The van der Waals surface area contributed by atoms with E-state index in [1.807, 2.05) is 12.1 Å². The van der Waals surface area contributed by atoms with E-state index in [2.05, 4.69) is 31.3 Å². The van der Waals surface area contributed by atoms with E-state index in [-0.39, 0.29) is 18.2 Å². The van der Waals surface area contributed by atoms with Crippen LogP contribution in [0.3, 0.4) is 0 Å². The predicted octanol–water partition coefficient (Wildman–Crippen LogP) is 6.47. The third-order valence-electron chi connectivity index (χ3n) is 4.92. The largest absolute Gasteiger partial charge is 0.316 e. The fraction of sp³-hybridized carbons (Fsp3) is 0.455. The molecule has 0 saturated heterocycles. The van der Waals surface area contributed by atoms with Crippen molar-refractivity contribution in [1.29, 1.82) is 0 Å². The van der Waals surface area contributed by atoms with Crippen molar-refractivity contribution in [2.75, 3.05) is 13.1 Å². The maximum atomic E-state index is 14.4. The van der Waals surface area contributed by atoms with E-state index in [4.69, 9.17) is 11.6 Å². The Hall–Kier alpha value is -0.740. The topological polar surface area (TPSA) is 12.0 Å². The molecule has 0 bridgehead atoms. The van der Waals surface area contributed by atoms with E-state index < -0.39 is 0 Å². The lowest BCUT2D eigenvalue weighted by molar-refractivity contribution is 0.558. The SMILES string of the molecule is CC(C)CCc1ccc(CSc2c(Cl)ccc3c2CCNCC3)cc1F.Cl. The van der Waals surface area contributed by atoms with Gasteiger partial charge in [-0.1, -0.05) is 43.6 Å². The van der Waals surface area contributed by atoms with Crippen LogP contribution >= 0.6 is 35.8 Å². The molecule has 1 heterocycles. The molecular weight excluding hydrogens is 400 g/mol. The summed E-state index contributed by atoms with van der Waals surface area (Å²) in [6.07, 6.45) is 3.87. The van der Waals surface area contributed by atoms with Gasteiger partial charge in [0.15, 0.2) is 0 Å². The molecule has 1 N–H and O–H groups in total. The van der Waals surface area contributed by atoms with Gasteiger partial charge in [0, 0.05) is 10.6 Å². The third-order valence-corrected chi connectivity index (χ3v) is 6.58. The molecule has 0 radical (unpaired) electrons. The summed E-state index contributed by atoms with van der Waals surface area (Å²) >= 11 is 8.22. The minimum atomic E-state index is -0.0778. The summed E-state index contributed by atoms with van der Waals surface area (Å²) in [7, 11) is 0. The number of halogens is 3. The molecule has 1 aliphatic heterocycles. The van der Waals surface area contributed by atoms with E-state index in [0.29, 0.717) is 5.92 Å². The van der Waals surface area contributed by atoms with Crippen LogP contribution in [0.2, 0.25) is 5.02 Å². The number of aryl methyl sites for hydroxylation is 1. The normalized spacial score (nSPS) is 13.8. The summed E-state index contributed by atoms with van der Waals surface area (Å²) in [6, 6.07) is 9.86. The van der Waals surface area contributed by atoms with E-state index >= 15 is 0 Å². The van der Waals surface area contributed by atoms with Gasteiger partial charge in [-0.2, -0.15) is 0 Å². The molecule has 0 amide bonds. The molecule has 0 fully saturated rings. The summed E-state index contributed by atoms with van der Waals surface area (Å²) in [5.74, 6) is 1.26. The summed E-state index contributed by atoms with van der Waals surface area (Å²) < 4.78 is 14.4. The van der Waals surface area contributed by atoms with Gasteiger partial charge in [0.05, 0.1) is 5.02 Å². The molecule has 1 aliphatic rings. The maximum Gasteiger partial charge on any atom is 0.126 e. The van der Waals surface area contributed by atoms with Gasteiger partial charge in [-0.05, 0) is 79.1 Å². The first-order chi connectivity index (χ1) is 12.5. The fourth-order valence-corrected chi connectivity index (χ4v) is 4.79. The van der Waals surface area contributed by atoms with E-state index in [1.54, 1.807) is 17.8 Å². The number of nitrogens with one attached hydrogen (secondary N) is 1. The van der Waals surface area contributed by atoms with Crippen molar-refractivity contribution >= 4 is 35.8 Å². The minimum absolute atomic E-state index is 0. The molecule has 0 aliphatic carbocycles. The number of thioether (sulfide) groups is 1. The molecule has 0 aromatic heterocycles. The highest BCUT2D eigenvalue weighted by Crippen LogP contribution is 2.36. The van der Waals surface area contributed by atoms with Gasteiger partial charge in [0.2, 0.25) is 0 Å². The fourth-order valence-electron chi connectivity index (χ4n) is 3.35. The first-order valence-corrected chi connectivity index (χ1v) is 10.8. The number of hydrogen-bond donors (Lipinski definition) is 1. The average Bonchev–Trinajstić information content (AvgIpc) is 2.85. The number of fused-ring (bicyclic) bond motifs is 1. The van der Waals surface area contributed by atoms with Crippen LogP contribution in [0.5, 0.6) is 0 Å². The summed E-state index contributed by atoms with van der Waals surface area (Å²) in [6.45, 7) is 6.35. The highest BCUT2D eigenvalue weighted by molar-refractivity contribution is 7.98. The Morgan fingerprint density at radius 3 is 2.67 bits per heavy atom. The second kappa shape index (κ2) is 10.7. The zero-order valence-electron chi connectivity index (χ0n) is 16.0. The van der Waals surface area contributed by atoms with E-state index in [9.17, 15) is 4.39 Å². The van der Waals surface area contributed by atoms with Crippen molar-refractivity contribution in [3.8, 4) is 0 Å². The van der Waals surface area contributed by atoms with Crippen LogP contribution in [0.1, 0.15) is 42.5 Å². The molecule has 0 spiro atoms. The Labute approximate surface area is 177 Å². The van der Waals surface area contributed by atoms with Crippen molar-refractivity contribution in [1.82, 2.24) is 5.32 Å². The molecule has 0 unspecified atom stereocenters. The molecule has 2 aromatic rings. The third kappa shape index (κ3) is 6.12. The Morgan fingerprint density at radius 1 is 1.15 bits per heavy atom. The Kier molecular flexibility index (Phi) is 8.94. The van der Waals surface area contributed by atoms with Crippen LogP contribution < -0.4 is 5.32 Å². The van der Waals surface area contributed by atoms with Gasteiger partial charge < -0.3 is 5.32 Å². The molecule has 1 nitrogen and oxygen atoms in total. The van der Waals surface area contributed by atoms with Crippen molar-refractivity contribution in [2.24, 2.45) is 5.92 Å². The predicted molar refractivity (Wildman–Crippen MR) is 118 cm³/mol.